The van der Waals surface area contributed by atoms with Gasteiger partial charge in [0, 0.05) is 29.0 Å². The molecule has 1 heterocycles. The minimum absolute atomic E-state index is 0.101. The number of fused-ring (bicyclic) bond motifs is 1. The lowest BCUT2D eigenvalue weighted by Crippen LogP contribution is -2.35. The maximum Gasteiger partial charge on any atom is 0.254 e. The highest BCUT2D eigenvalue weighted by Crippen LogP contribution is 2.37. The van der Waals surface area contributed by atoms with Crippen LogP contribution >= 0.6 is 15.9 Å². The highest BCUT2D eigenvalue weighted by atomic mass is 79.9. The molecule has 0 aliphatic carbocycles. The molecule has 19 heavy (non-hydrogen) atoms. The molecule has 1 amide bonds. The van der Waals surface area contributed by atoms with Crippen LogP contribution in [0.25, 0.3) is 0 Å². The molecule has 0 radical (unpaired) electrons. The first kappa shape index (κ1) is 14.1. The zero-order valence-corrected chi connectivity index (χ0v) is 12.4. The summed E-state index contributed by atoms with van der Waals surface area (Å²) in [6.45, 7) is 4.55. The minimum atomic E-state index is -1.14. The monoisotopic (exact) mass is 324 g/mol. The maximum atomic E-state index is 12.4. The fraction of sp³-hybridized carbons (Fsp3) is 0.429. The van der Waals surface area contributed by atoms with E-state index in [1.807, 2.05) is 26.0 Å². The van der Waals surface area contributed by atoms with Gasteiger partial charge in [0.15, 0.2) is 0 Å². The van der Waals surface area contributed by atoms with E-state index in [9.17, 15) is 14.7 Å². The van der Waals surface area contributed by atoms with Crippen LogP contribution in [0.5, 0.6) is 0 Å². The molecule has 0 N–H and O–H groups in total. The molecule has 102 valence electrons. The van der Waals surface area contributed by atoms with E-state index >= 15 is 0 Å². The van der Waals surface area contributed by atoms with Gasteiger partial charge in [-0.25, -0.2) is 0 Å². The van der Waals surface area contributed by atoms with E-state index in [1.165, 1.54) is 0 Å². The van der Waals surface area contributed by atoms with Crippen LogP contribution in [0.3, 0.4) is 0 Å². The van der Waals surface area contributed by atoms with Crippen LogP contribution in [-0.2, 0) is 4.79 Å². The second-order valence-corrected chi connectivity index (χ2v) is 6.09. The number of hydrogen-bond donors (Lipinski definition) is 0. The van der Waals surface area contributed by atoms with Gasteiger partial charge in [-0.05, 0) is 23.6 Å². The lowest BCUT2D eigenvalue weighted by molar-refractivity contribution is -0.306. The van der Waals surface area contributed by atoms with Crippen molar-refractivity contribution in [2.75, 3.05) is 6.54 Å². The van der Waals surface area contributed by atoms with E-state index in [1.54, 1.807) is 11.0 Å². The van der Waals surface area contributed by atoms with E-state index in [0.29, 0.717) is 12.1 Å². The highest BCUT2D eigenvalue weighted by molar-refractivity contribution is 9.10. The molecule has 1 unspecified atom stereocenters. The molecule has 1 atom stereocenters. The number of carbonyl (C=O) groups is 2. The smallest absolute Gasteiger partial charge is 0.254 e. The van der Waals surface area contributed by atoms with Gasteiger partial charge in [0.25, 0.3) is 5.91 Å². The molecule has 4 nitrogen and oxygen atoms in total. The first-order chi connectivity index (χ1) is 8.90. The second kappa shape index (κ2) is 5.33. The largest absolute Gasteiger partial charge is 0.550 e. The Bertz CT molecular complexity index is 527. The number of amides is 1. The molecule has 0 spiro atoms. The summed E-state index contributed by atoms with van der Waals surface area (Å²) in [6.07, 6.45) is -0.160. The van der Waals surface area contributed by atoms with Gasteiger partial charge >= 0.3 is 0 Å². The molecule has 5 heteroatoms. The number of carboxylic acid groups (broad SMARTS) is 1. The Morgan fingerprint density at radius 2 is 2.16 bits per heavy atom. The van der Waals surface area contributed by atoms with Crippen LogP contribution < -0.4 is 5.11 Å². The Kier molecular flexibility index (Phi) is 3.94. The predicted molar refractivity (Wildman–Crippen MR) is 72.4 cm³/mol. The Labute approximate surface area is 120 Å². The van der Waals surface area contributed by atoms with Crippen LogP contribution in [0.2, 0.25) is 0 Å². The van der Waals surface area contributed by atoms with Crippen molar-refractivity contribution in [3.05, 3.63) is 33.8 Å². The number of carboxylic acids is 1. The van der Waals surface area contributed by atoms with E-state index in [-0.39, 0.29) is 18.2 Å². The van der Waals surface area contributed by atoms with Crippen molar-refractivity contribution in [1.82, 2.24) is 4.90 Å². The summed E-state index contributed by atoms with van der Waals surface area (Å²) < 4.78 is 0.818. The zero-order valence-electron chi connectivity index (χ0n) is 10.9. The van der Waals surface area contributed by atoms with Crippen molar-refractivity contribution < 1.29 is 14.7 Å². The fourth-order valence-electron chi connectivity index (χ4n) is 2.45. The third kappa shape index (κ3) is 2.81. The second-order valence-electron chi connectivity index (χ2n) is 5.17. The normalized spacial score (nSPS) is 18.0. The van der Waals surface area contributed by atoms with Crippen LogP contribution in [0.15, 0.2) is 22.7 Å². The van der Waals surface area contributed by atoms with Crippen molar-refractivity contribution in [3.63, 3.8) is 0 Å². The summed E-state index contributed by atoms with van der Waals surface area (Å²) >= 11 is 3.33. The molecule has 0 aromatic heterocycles. The van der Waals surface area contributed by atoms with Crippen molar-refractivity contribution in [2.45, 2.75) is 26.3 Å². The number of aliphatic carboxylic acids is 1. The summed E-state index contributed by atoms with van der Waals surface area (Å²) in [5.41, 5.74) is 1.36. The summed E-state index contributed by atoms with van der Waals surface area (Å²) in [7, 11) is 0. The summed E-state index contributed by atoms with van der Waals surface area (Å²) in [5, 5.41) is 10.9. The molecular weight excluding hydrogens is 310 g/mol. The maximum absolute atomic E-state index is 12.4. The van der Waals surface area contributed by atoms with Gasteiger partial charge in [-0.15, -0.1) is 0 Å². The first-order valence-corrected chi connectivity index (χ1v) is 6.99. The van der Waals surface area contributed by atoms with E-state index in [0.717, 1.165) is 10.0 Å². The average molecular weight is 325 g/mol. The Morgan fingerprint density at radius 3 is 2.74 bits per heavy atom. The topological polar surface area (TPSA) is 60.4 Å². The van der Waals surface area contributed by atoms with Crippen LogP contribution in [0.4, 0.5) is 0 Å². The van der Waals surface area contributed by atoms with Gasteiger partial charge in [-0.2, -0.15) is 0 Å². The SMILES string of the molecule is CC(C)CN1C(=O)c2cc(Br)ccc2C1CC(=O)[O-]. The average Bonchev–Trinajstić information content (AvgIpc) is 2.53. The van der Waals surface area contributed by atoms with Gasteiger partial charge in [0.1, 0.15) is 0 Å². The Balaban J connectivity index is 2.41. The third-order valence-corrected chi connectivity index (χ3v) is 3.66. The molecule has 2 rings (SSSR count). The van der Waals surface area contributed by atoms with Crippen LogP contribution in [-0.4, -0.2) is 23.3 Å². The zero-order chi connectivity index (χ0) is 14.2. The summed E-state index contributed by atoms with van der Waals surface area (Å²) in [6, 6.07) is 4.97. The standard InChI is InChI=1S/C14H16BrNO3/c1-8(2)7-16-12(6-13(17)18)10-4-3-9(15)5-11(10)14(16)19/h3-5,8,12H,6-7H2,1-2H3,(H,17,18)/p-1. The van der Waals surface area contributed by atoms with Gasteiger partial charge < -0.3 is 14.8 Å². The number of carbonyl (C=O) groups excluding carboxylic acids is 2. The molecule has 1 aliphatic rings. The van der Waals surface area contributed by atoms with Crippen molar-refractivity contribution >= 4 is 27.8 Å². The number of rotatable bonds is 4. The van der Waals surface area contributed by atoms with Crippen LogP contribution in [0, 0.1) is 5.92 Å². The number of halogens is 1. The molecule has 0 bridgehead atoms. The van der Waals surface area contributed by atoms with Gasteiger partial charge in [-0.1, -0.05) is 35.8 Å². The van der Waals surface area contributed by atoms with Crippen molar-refractivity contribution in [1.29, 1.82) is 0 Å². The number of benzene rings is 1. The lowest BCUT2D eigenvalue weighted by atomic mass is 10.0. The highest BCUT2D eigenvalue weighted by Gasteiger charge is 2.36. The molecule has 0 saturated carbocycles. The summed E-state index contributed by atoms with van der Waals surface area (Å²) in [4.78, 5) is 24.9. The molecular formula is C14H15BrNO3-. The Morgan fingerprint density at radius 1 is 1.47 bits per heavy atom. The van der Waals surface area contributed by atoms with Gasteiger partial charge in [-0.3, -0.25) is 4.79 Å². The van der Waals surface area contributed by atoms with Gasteiger partial charge in [0.05, 0.1) is 6.04 Å². The quantitative estimate of drug-likeness (QED) is 0.847. The van der Waals surface area contributed by atoms with E-state index in [2.05, 4.69) is 15.9 Å². The minimum Gasteiger partial charge on any atom is -0.550 e. The molecule has 0 fully saturated rings. The molecule has 1 aliphatic heterocycles. The van der Waals surface area contributed by atoms with E-state index in [4.69, 9.17) is 0 Å². The summed E-state index contributed by atoms with van der Waals surface area (Å²) in [5.74, 6) is -0.954. The van der Waals surface area contributed by atoms with Crippen LogP contribution in [0.1, 0.15) is 42.2 Å². The first-order valence-electron chi connectivity index (χ1n) is 6.20. The van der Waals surface area contributed by atoms with Crippen molar-refractivity contribution in [2.24, 2.45) is 5.92 Å². The fourth-order valence-corrected chi connectivity index (χ4v) is 2.81. The third-order valence-electron chi connectivity index (χ3n) is 3.16. The molecule has 1 aromatic rings. The van der Waals surface area contributed by atoms with E-state index < -0.39 is 12.0 Å². The Hall–Kier alpha value is -1.36. The van der Waals surface area contributed by atoms with Crippen molar-refractivity contribution in [3.8, 4) is 0 Å². The number of nitrogens with zero attached hydrogens (tertiary/aromatic N) is 1. The molecule has 1 aromatic carbocycles. The lowest BCUT2D eigenvalue weighted by Gasteiger charge is -2.27. The predicted octanol–water partition coefficient (Wildman–Crippen LogP) is 1.74. The number of hydrogen-bond acceptors (Lipinski definition) is 3. The molecule has 0 saturated heterocycles. The van der Waals surface area contributed by atoms with Gasteiger partial charge in [0.2, 0.25) is 0 Å².